The van der Waals surface area contributed by atoms with E-state index < -0.39 is 0 Å². The molecule has 0 radical (unpaired) electrons. The number of rotatable bonds is 4. The molecule has 0 saturated carbocycles. The number of esters is 1. The van der Waals surface area contributed by atoms with E-state index in [2.05, 4.69) is 27.3 Å². The van der Waals surface area contributed by atoms with Gasteiger partial charge < -0.3 is 4.74 Å². The number of ether oxygens (including phenoxy) is 1. The molecular formula is C13H20N2O2S. The Morgan fingerprint density at radius 3 is 2.72 bits per heavy atom. The molecule has 1 unspecified atom stereocenters. The summed E-state index contributed by atoms with van der Waals surface area (Å²) in [6.45, 7) is 6.83. The van der Waals surface area contributed by atoms with E-state index in [0.29, 0.717) is 0 Å². The predicted molar refractivity (Wildman–Crippen MR) is 72.6 cm³/mol. The van der Waals surface area contributed by atoms with Gasteiger partial charge in [-0.15, -0.1) is 11.3 Å². The monoisotopic (exact) mass is 268 g/mol. The Hall–Kier alpha value is -0.910. The molecule has 100 valence electrons. The van der Waals surface area contributed by atoms with Crippen molar-refractivity contribution in [3.63, 3.8) is 0 Å². The Labute approximate surface area is 112 Å². The van der Waals surface area contributed by atoms with Crippen LogP contribution in [0.25, 0.3) is 0 Å². The van der Waals surface area contributed by atoms with Gasteiger partial charge in [-0.1, -0.05) is 6.07 Å². The average molecular weight is 268 g/mol. The fourth-order valence-corrected chi connectivity index (χ4v) is 3.00. The van der Waals surface area contributed by atoms with Gasteiger partial charge in [-0.2, -0.15) is 0 Å². The molecule has 2 heterocycles. The van der Waals surface area contributed by atoms with Crippen molar-refractivity contribution in [3.8, 4) is 0 Å². The summed E-state index contributed by atoms with van der Waals surface area (Å²) in [5, 5.41) is 2.12. The summed E-state index contributed by atoms with van der Waals surface area (Å²) in [7, 11) is 1.45. The molecule has 1 fully saturated rings. The molecule has 0 amide bonds. The van der Waals surface area contributed by atoms with Gasteiger partial charge in [0.15, 0.2) is 0 Å². The highest BCUT2D eigenvalue weighted by Crippen LogP contribution is 2.14. The number of carbonyl (C=O) groups is 1. The SMILES string of the molecule is COC(=O)C(C)N1CCN(Cc2cccs2)CC1. The molecule has 18 heavy (non-hydrogen) atoms. The normalized spacial score (nSPS) is 19.7. The lowest BCUT2D eigenvalue weighted by molar-refractivity contribution is -0.147. The third-order valence-corrected chi connectivity index (χ3v) is 4.32. The molecule has 1 atom stereocenters. The Morgan fingerprint density at radius 2 is 2.17 bits per heavy atom. The van der Waals surface area contributed by atoms with Crippen LogP contribution in [-0.4, -0.2) is 55.1 Å². The van der Waals surface area contributed by atoms with Gasteiger partial charge in [0.2, 0.25) is 0 Å². The topological polar surface area (TPSA) is 32.8 Å². The van der Waals surface area contributed by atoms with E-state index in [1.807, 2.05) is 6.92 Å². The van der Waals surface area contributed by atoms with Crippen molar-refractivity contribution in [1.29, 1.82) is 0 Å². The maximum atomic E-state index is 11.5. The van der Waals surface area contributed by atoms with Crippen LogP contribution in [0.5, 0.6) is 0 Å². The van der Waals surface area contributed by atoms with Crippen LogP contribution in [0, 0.1) is 0 Å². The minimum absolute atomic E-state index is 0.126. The molecule has 0 N–H and O–H groups in total. The van der Waals surface area contributed by atoms with E-state index in [1.165, 1.54) is 12.0 Å². The fourth-order valence-electron chi connectivity index (χ4n) is 2.25. The van der Waals surface area contributed by atoms with Crippen molar-refractivity contribution in [3.05, 3.63) is 22.4 Å². The number of hydrogen-bond acceptors (Lipinski definition) is 5. The number of hydrogen-bond donors (Lipinski definition) is 0. The third-order valence-electron chi connectivity index (χ3n) is 3.46. The van der Waals surface area contributed by atoms with Crippen LogP contribution < -0.4 is 0 Å². The van der Waals surface area contributed by atoms with E-state index >= 15 is 0 Å². The molecule has 0 aliphatic carbocycles. The first kappa shape index (κ1) is 13.5. The van der Waals surface area contributed by atoms with E-state index in [0.717, 1.165) is 32.7 Å². The van der Waals surface area contributed by atoms with Crippen LogP contribution in [-0.2, 0) is 16.1 Å². The first-order valence-corrected chi connectivity index (χ1v) is 7.15. The number of methoxy groups -OCH3 is 1. The first-order valence-electron chi connectivity index (χ1n) is 6.27. The molecule has 0 aromatic carbocycles. The van der Waals surface area contributed by atoms with Gasteiger partial charge in [-0.25, -0.2) is 0 Å². The number of piperazine rings is 1. The highest BCUT2D eigenvalue weighted by molar-refractivity contribution is 7.09. The van der Waals surface area contributed by atoms with Crippen molar-refractivity contribution in [1.82, 2.24) is 9.80 Å². The molecular weight excluding hydrogens is 248 g/mol. The van der Waals surface area contributed by atoms with Crippen molar-refractivity contribution in [2.75, 3.05) is 33.3 Å². The predicted octanol–water partition coefficient (Wildman–Crippen LogP) is 1.43. The summed E-state index contributed by atoms with van der Waals surface area (Å²) in [5.74, 6) is -0.137. The fraction of sp³-hybridized carbons (Fsp3) is 0.615. The van der Waals surface area contributed by atoms with E-state index in [1.54, 1.807) is 11.3 Å². The zero-order valence-electron chi connectivity index (χ0n) is 11.0. The molecule has 1 saturated heterocycles. The quantitative estimate of drug-likeness (QED) is 0.773. The van der Waals surface area contributed by atoms with Gasteiger partial charge in [0.1, 0.15) is 6.04 Å². The van der Waals surface area contributed by atoms with Crippen molar-refractivity contribution in [2.24, 2.45) is 0 Å². The van der Waals surface area contributed by atoms with E-state index in [4.69, 9.17) is 4.74 Å². The second kappa shape index (κ2) is 6.31. The largest absolute Gasteiger partial charge is 0.468 e. The Morgan fingerprint density at radius 1 is 1.44 bits per heavy atom. The summed E-state index contributed by atoms with van der Waals surface area (Å²) >= 11 is 1.80. The van der Waals surface area contributed by atoms with Crippen molar-refractivity contribution >= 4 is 17.3 Å². The number of thiophene rings is 1. The third kappa shape index (κ3) is 3.31. The number of carbonyl (C=O) groups excluding carboxylic acids is 1. The molecule has 4 nitrogen and oxygen atoms in total. The summed E-state index contributed by atoms with van der Waals surface area (Å²) in [4.78, 5) is 17.5. The van der Waals surface area contributed by atoms with Crippen LogP contribution in [0.15, 0.2) is 17.5 Å². The van der Waals surface area contributed by atoms with E-state index in [-0.39, 0.29) is 12.0 Å². The maximum absolute atomic E-state index is 11.5. The van der Waals surface area contributed by atoms with Gasteiger partial charge in [0.05, 0.1) is 7.11 Å². The highest BCUT2D eigenvalue weighted by Gasteiger charge is 2.25. The minimum Gasteiger partial charge on any atom is -0.468 e. The lowest BCUT2D eigenvalue weighted by Gasteiger charge is -2.36. The van der Waals surface area contributed by atoms with Gasteiger partial charge in [0, 0.05) is 37.6 Å². The van der Waals surface area contributed by atoms with Crippen molar-refractivity contribution in [2.45, 2.75) is 19.5 Å². The van der Waals surface area contributed by atoms with Crippen LogP contribution in [0.2, 0.25) is 0 Å². The Kier molecular flexibility index (Phi) is 4.74. The zero-order chi connectivity index (χ0) is 13.0. The lowest BCUT2D eigenvalue weighted by atomic mass is 10.2. The van der Waals surface area contributed by atoms with E-state index in [9.17, 15) is 4.79 Å². The number of nitrogens with zero attached hydrogens (tertiary/aromatic N) is 2. The van der Waals surface area contributed by atoms with Gasteiger partial charge in [-0.3, -0.25) is 14.6 Å². The summed E-state index contributed by atoms with van der Waals surface area (Å²) in [6.07, 6.45) is 0. The Balaban J connectivity index is 1.79. The zero-order valence-corrected chi connectivity index (χ0v) is 11.8. The summed E-state index contributed by atoms with van der Waals surface area (Å²) in [5.41, 5.74) is 0. The lowest BCUT2D eigenvalue weighted by Crippen LogP contribution is -2.51. The molecule has 1 aromatic rings. The average Bonchev–Trinajstić information content (AvgIpc) is 2.91. The summed E-state index contributed by atoms with van der Waals surface area (Å²) < 4.78 is 4.78. The molecule has 0 bridgehead atoms. The standard InChI is InChI=1S/C13H20N2O2S/c1-11(13(16)17-2)15-7-5-14(6-8-15)10-12-4-3-9-18-12/h3-4,9,11H,5-8,10H2,1-2H3. The van der Waals surface area contributed by atoms with Gasteiger partial charge in [-0.05, 0) is 18.4 Å². The van der Waals surface area contributed by atoms with Crippen LogP contribution in [0.3, 0.4) is 0 Å². The van der Waals surface area contributed by atoms with Gasteiger partial charge >= 0.3 is 5.97 Å². The van der Waals surface area contributed by atoms with Crippen LogP contribution >= 0.6 is 11.3 Å². The summed E-state index contributed by atoms with van der Waals surface area (Å²) in [6, 6.07) is 4.14. The molecule has 1 aliphatic rings. The molecule has 1 aliphatic heterocycles. The smallest absolute Gasteiger partial charge is 0.322 e. The maximum Gasteiger partial charge on any atom is 0.322 e. The molecule has 5 heteroatoms. The van der Waals surface area contributed by atoms with Crippen LogP contribution in [0.1, 0.15) is 11.8 Å². The molecule has 2 rings (SSSR count). The Bertz CT molecular complexity index is 372. The molecule has 0 spiro atoms. The second-order valence-electron chi connectivity index (χ2n) is 4.59. The van der Waals surface area contributed by atoms with Gasteiger partial charge in [0.25, 0.3) is 0 Å². The van der Waals surface area contributed by atoms with Crippen molar-refractivity contribution < 1.29 is 9.53 Å². The molecule has 1 aromatic heterocycles. The minimum atomic E-state index is -0.137. The van der Waals surface area contributed by atoms with Crippen LogP contribution in [0.4, 0.5) is 0 Å². The highest BCUT2D eigenvalue weighted by atomic mass is 32.1. The second-order valence-corrected chi connectivity index (χ2v) is 5.62. The first-order chi connectivity index (χ1) is 8.70.